The molecule has 0 radical (unpaired) electrons. The van der Waals surface area contributed by atoms with Crippen molar-refractivity contribution in [3.8, 4) is 0 Å². The molecule has 3 rings (SSSR count). The van der Waals surface area contributed by atoms with Gasteiger partial charge in [-0.05, 0) is 12.8 Å². The molecule has 0 amide bonds. The summed E-state index contributed by atoms with van der Waals surface area (Å²) in [6.07, 6.45) is -0.00445. The number of hydrogen-bond donors (Lipinski definition) is 1. The molecule has 5 nitrogen and oxygen atoms in total. The number of nitrogens with one attached hydrogen (secondary N) is 1. The van der Waals surface area contributed by atoms with Gasteiger partial charge in [-0.25, -0.2) is 9.50 Å². The molecule has 1 saturated heterocycles. The zero-order valence-electron chi connectivity index (χ0n) is 10.5. The van der Waals surface area contributed by atoms with Crippen LogP contribution in [0.3, 0.4) is 0 Å². The molecule has 1 aliphatic rings. The van der Waals surface area contributed by atoms with Gasteiger partial charge in [0.2, 0.25) is 0 Å². The minimum atomic E-state index is -4.46. The normalized spacial score (nSPS) is 17.6. The average molecular weight is 286 g/mol. The Labute approximate surface area is 112 Å². The van der Waals surface area contributed by atoms with Crippen molar-refractivity contribution in [1.82, 2.24) is 14.6 Å². The minimum Gasteiger partial charge on any atom is -0.381 e. The lowest BCUT2D eigenvalue weighted by molar-refractivity contribution is -0.141. The van der Waals surface area contributed by atoms with Crippen LogP contribution in [0.2, 0.25) is 0 Å². The summed E-state index contributed by atoms with van der Waals surface area (Å²) < 4.78 is 44.5. The fourth-order valence-corrected chi connectivity index (χ4v) is 2.21. The molecule has 0 spiro atoms. The zero-order valence-corrected chi connectivity index (χ0v) is 10.5. The number of fused-ring (bicyclic) bond motifs is 1. The molecule has 3 heterocycles. The smallest absolute Gasteiger partial charge is 0.381 e. The lowest BCUT2D eigenvalue weighted by Gasteiger charge is -2.23. The largest absolute Gasteiger partial charge is 0.435 e. The van der Waals surface area contributed by atoms with Gasteiger partial charge in [0.05, 0.1) is 0 Å². The van der Waals surface area contributed by atoms with Crippen molar-refractivity contribution in [2.75, 3.05) is 18.5 Å². The van der Waals surface area contributed by atoms with Crippen LogP contribution in [-0.2, 0) is 10.9 Å². The molecule has 2 aromatic heterocycles. The first-order valence-corrected chi connectivity index (χ1v) is 6.30. The van der Waals surface area contributed by atoms with E-state index in [9.17, 15) is 13.2 Å². The Kier molecular flexibility index (Phi) is 3.25. The van der Waals surface area contributed by atoms with Crippen LogP contribution in [0.5, 0.6) is 0 Å². The maximum atomic E-state index is 12.7. The Hall–Kier alpha value is -1.83. The summed E-state index contributed by atoms with van der Waals surface area (Å²) in [5, 5.41) is 6.69. The number of alkyl halides is 3. The average Bonchev–Trinajstić information content (AvgIpc) is 2.85. The van der Waals surface area contributed by atoms with Crippen molar-refractivity contribution in [1.29, 1.82) is 0 Å². The maximum absolute atomic E-state index is 12.7. The minimum absolute atomic E-state index is 0.159. The van der Waals surface area contributed by atoms with E-state index in [1.54, 1.807) is 0 Å². The lowest BCUT2D eigenvalue weighted by Crippen LogP contribution is -2.28. The standard InChI is InChI=1S/C12H13F3N4O/c13-12(14,15)10-7-9-11(16-3-4-19(9)18-10)17-8-1-5-20-6-2-8/h3-4,7-8H,1-2,5-6H2,(H,16,17). The molecular formula is C12H13F3N4O. The molecule has 1 fully saturated rings. The predicted molar refractivity (Wildman–Crippen MR) is 65.5 cm³/mol. The highest BCUT2D eigenvalue weighted by molar-refractivity contribution is 5.68. The third-order valence-electron chi connectivity index (χ3n) is 3.24. The van der Waals surface area contributed by atoms with Crippen LogP contribution in [0.1, 0.15) is 18.5 Å². The van der Waals surface area contributed by atoms with Gasteiger partial charge >= 0.3 is 6.18 Å². The van der Waals surface area contributed by atoms with Crippen LogP contribution in [0.25, 0.3) is 5.52 Å². The van der Waals surface area contributed by atoms with E-state index in [4.69, 9.17) is 4.74 Å². The van der Waals surface area contributed by atoms with Gasteiger partial charge in [0.25, 0.3) is 0 Å². The molecule has 0 aliphatic carbocycles. The molecule has 0 atom stereocenters. The van der Waals surface area contributed by atoms with Crippen LogP contribution in [0.15, 0.2) is 18.5 Å². The highest BCUT2D eigenvalue weighted by atomic mass is 19.4. The molecule has 2 aromatic rings. The van der Waals surface area contributed by atoms with Crippen LogP contribution < -0.4 is 5.32 Å². The van der Waals surface area contributed by atoms with E-state index in [0.717, 1.165) is 18.9 Å². The molecule has 108 valence electrons. The lowest BCUT2D eigenvalue weighted by atomic mass is 10.1. The van der Waals surface area contributed by atoms with E-state index in [2.05, 4.69) is 15.4 Å². The van der Waals surface area contributed by atoms with Gasteiger partial charge in [0.15, 0.2) is 11.5 Å². The molecule has 0 bridgehead atoms. The molecule has 0 unspecified atom stereocenters. The first kappa shape index (κ1) is 13.2. The highest BCUT2D eigenvalue weighted by Crippen LogP contribution is 2.30. The van der Waals surface area contributed by atoms with E-state index < -0.39 is 11.9 Å². The van der Waals surface area contributed by atoms with E-state index in [0.29, 0.717) is 24.5 Å². The highest BCUT2D eigenvalue weighted by Gasteiger charge is 2.34. The summed E-state index contributed by atoms with van der Waals surface area (Å²) in [6.45, 7) is 1.29. The Morgan fingerprint density at radius 2 is 2.05 bits per heavy atom. The Morgan fingerprint density at radius 1 is 1.30 bits per heavy atom. The summed E-state index contributed by atoms with van der Waals surface area (Å²) in [5.41, 5.74) is -0.591. The molecule has 1 N–H and O–H groups in total. The Bertz CT molecular complexity index is 604. The second kappa shape index (κ2) is 4.93. The van der Waals surface area contributed by atoms with Crippen molar-refractivity contribution in [3.63, 3.8) is 0 Å². The summed E-state index contributed by atoms with van der Waals surface area (Å²) in [7, 11) is 0. The SMILES string of the molecule is FC(F)(F)c1cc2c(NC3CCOCC3)nccn2n1. The number of ether oxygens (including phenoxy) is 1. The van der Waals surface area contributed by atoms with Gasteiger partial charge in [-0.15, -0.1) is 0 Å². The molecule has 0 aromatic carbocycles. The number of aromatic nitrogens is 3. The second-order valence-corrected chi connectivity index (χ2v) is 4.66. The van der Waals surface area contributed by atoms with Crippen LogP contribution in [0, 0.1) is 0 Å². The number of halogens is 3. The predicted octanol–water partition coefficient (Wildman–Crippen LogP) is 2.34. The van der Waals surface area contributed by atoms with Crippen molar-refractivity contribution in [2.45, 2.75) is 25.1 Å². The molecule has 8 heteroatoms. The second-order valence-electron chi connectivity index (χ2n) is 4.66. The van der Waals surface area contributed by atoms with Crippen LogP contribution >= 0.6 is 0 Å². The fraction of sp³-hybridized carbons (Fsp3) is 0.500. The Balaban J connectivity index is 1.92. The van der Waals surface area contributed by atoms with E-state index >= 15 is 0 Å². The van der Waals surface area contributed by atoms with E-state index in [1.165, 1.54) is 16.9 Å². The van der Waals surface area contributed by atoms with Gasteiger partial charge in [-0.1, -0.05) is 0 Å². The number of nitrogens with zero attached hydrogens (tertiary/aromatic N) is 3. The van der Waals surface area contributed by atoms with Crippen LogP contribution in [0.4, 0.5) is 19.0 Å². The molecule has 20 heavy (non-hydrogen) atoms. The Morgan fingerprint density at radius 3 is 2.75 bits per heavy atom. The van der Waals surface area contributed by atoms with Crippen molar-refractivity contribution in [2.24, 2.45) is 0 Å². The van der Waals surface area contributed by atoms with Gasteiger partial charge in [-0.3, -0.25) is 0 Å². The van der Waals surface area contributed by atoms with Crippen molar-refractivity contribution >= 4 is 11.3 Å². The summed E-state index contributed by atoms with van der Waals surface area (Å²) in [5.74, 6) is 0.419. The third kappa shape index (κ3) is 2.55. The summed E-state index contributed by atoms with van der Waals surface area (Å²) in [4.78, 5) is 4.12. The third-order valence-corrected chi connectivity index (χ3v) is 3.24. The number of rotatable bonds is 2. The van der Waals surface area contributed by atoms with Crippen molar-refractivity contribution in [3.05, 3.63) is 24.2 Å². The fourth-order valence-electron chi connectivity index (χ4n) is 2.21. The molecule has 1 aliphatic heterocycles. The van der Waals surface area contributed by atoms with Crippen molar-refractivity contribution < 1.29 is 17.9 Å². The molecular weight excluding hydrogens is 273 g/mol. The van der Waals surface area contributed by atoms with E-state index in [-0.39, 0.29) is 6.04 Å². The topological polar surface area (TPSA) is 51.5 Å². The quantitative estimate of drug-likeness (QED) is 0.920. The van der Waals surface area contributed by atoms with Crippen LogP contribution in [-0.4, -0.2) is 33.9 Å². The summed E-state index contributed by atoms with van der Waals surface area (Å²) in [6, 6.07) is 1.17. The first-order chi connectivity index (χ1) is 9.54. The number of hydrogen-bond acceptors (Lipinski definition) is 4. The first-order valence-electron chi connectivity index (χ1n) is 6.30. The monoisotopic (exact) mass is 286 g/mol. The van der Waals surface area contributed by atoms with Gasteiger partial charge < -0.3 is 10.1 Å². The number of anilines is 1. The van der Waals surface area contributed by atoms with Gasteiger partial charge in [0, 0.05) is 37.7 Å². The maximum Gasteiger partial charge on any atom is 0.435 e. The zero-order chi connectivity index (χ0) is 14.2. The van der Waals surface area contributed by atoms with Gasteiger partial charge in [0.1, 0.15) is 5.52 Å². The van der Waals surface area contributed by atoms with E-state index in [1.807, 2.05) is 0 Å². The molecule has 0 saturated carbocycles. The summed E-state index contributed by atoms with van der Waals surface area (Å²) >= 11 is 0. The van der Waals surface area contributed by atoms with Gasteiger partial charge in [-0.2, -0.15) is 18.3 Å².